The summed E-state index contributed by atoms with van der Waals surface area (Å²) in [6, 6.07) is -0.797. The van der Waals surface area contributed by atoms with Crippen molar-refractivity contribution in [2.24, 2.45) is 0 Å². The molecule has 2 N–H and O–H groups in total. The van der Waals surface area contributed by atoms with Gasteiger partial charge in [-0.2, -0.15) is 0 Å². The normalized spacial score (nSPS) is 13.4. The number of hydrogen-bond acceptors (Lipinski definition) is 6. The van der Waals surface area contributed by atoms with E-state index >= 15 is 0 Å². The number of carbonyl (C=O) groups is 1. The molecule has 3 unspecified atom stereocenters. The molecule has 0 aliphatic carbocycles. The summed E-state index contributed by atoms with van der Waals surface area (Å²) in [5.41, 5.74) is 0. The van der Waals surface area contributed by atoms with E-state index in [1.807, 2.05) is 21.1 Å². The number of carbonyl (C=O) groups excluding carboxylic acids is 1. The van der Waals surface area contributed by atoms with E-state index in [4.69, 9.17) is 9.05 Å². The van der Waals surface area contributed by atoms with E-state index < -0.39 is 20.0 Å². The van der Waals surface area contributed by atoms with Gasteiger partial charge in [-0.25, -0.2) is 0 Å². The van der Waals surface area contributed by atoms with Crippen molar-refractivity contribution in [3.63, 3.8) is 0 Å². The summed E-state index contributed by atoms with van der Waals surface area (Å²) in [6.07, 6.45) is 89.5. The van der Waals surface area contributed by atoms with Crippen LogP contribution in [-0.4, -0.2) is 68.5 Å². The molecule has 0 aromatic carbocycles. The molecule has 0 spiro atoms. The second kappa shape index (κ2) is 69.8. The van der Waals surface area contributed by atoms with E-state index in [9.17, 15) is 19.4 Å². The Balaban J connectivity index is 3.83. The Hall–Kier alpha value is -0.500. The predicted octanol–water partition coefficient (Wildman–Crippen LogP) is 25.2. The lowest BCUT2D eigenvalue weighted by Gasteiger charge is -2.30. The van der Waals surface area contributed by atoms with Crippen molar-refractivity contribution in [3.8, 4) is 0 Å². The third-order valence-corrected chi connectivity index (χ3v) is 20.1. The van der Waals surface area contributed by atoms with Crippen LogP contribution in [0.4, 0.5) is 0 Å². The highest BCUT2D eigenvalue weighted by atomic mass is 31.2. The molecule has 0 aliphatic rings. The molecule has 8 nitrogen and oxygen atoms in total. The highest BCUT2D eigenvalue weighted by Crippen LogP contribution is 2.38. The Morgan fingerprint density at radius 2 is 0.563 bits per heavy atom. The van der Waals surface area contributed by atoms with Gasteiger partial charge in [0, 0.05) is 6.42 Å². The molecule has 0 aromatic heterocycles. The molecule has 0 rings (SSSR count). The lowest BCUT2D eigenvalue weighted by atomic mass is 10.0. The van der Waals surface area contributed by atoms with Gasteiger partial charge in [0.1, 0.15) is 13.2 Å². The molecule has 0 saturated heterocycles. The van der Waals surface area contributed by atoms with Gasteiger partial charge in [0.05, 0.1) is 39.9 Å². The molecular weight excluding hydrogens is 1090 g/mol. The minimum Gasteiger partial charge on any atom is -0.756 e. The third-order valence-electron chi connectivity index (χ3n) is 19.1. The molecule has 0 bridgehead atoms. The Labute approximate surface area is 546 Å². The lowest BCUT2D eigenvalue weighted by molar-refractivity contribution is -0.870. The topological polar surface area (TPSA) is 108 Å². The van der Waals surface area contributed by atoms with E-state index in [1.54, 1.807) is 0 Å². The number of phosphoric ester groups is 1. The average molecular weight is 1250 g/mol. The number of aliphatic hydroxyl groups is 1. The Kier molecular flexibility index (Phi) is 69.4. The first kappa shape index (κ1) is 86.5. The fourth-order valence-corrected chi connectivity index (χ4v) is 13.7. The maximum absolute atomic E-state index is 13.1. The minimum absolute atomic E-state index is 0.0171. The maximum atomic E-state index is 13.1. The number of hydrogen-bond donors (Lipinski definition) is 2. The molecular formula is C78H159N2O6P. The van der Waals surface area contributed by atoms with Gasteiger partial charge in [-0.3, -0.25) is 9.36 Å². The average Bonchev–Trinajstić information content (AvgIpc) is 3.71. The van der Waals surface area contributed by atoms with Crippen LogP contribution in [0.25, 0.3) is 0 Å². The number of quaternary nitrogens is 1. The lowest BCUT2D eigenvalue weighted by Crippen LogP contribution is -2.46. The largest absolute Gasteiger partial charge is 0.756 e. The van der Waals surface area contributed by atoms with E-state index in [0.29, 0.717) is 23.9 Å². The number of phosphoric acid groups is 1. The van der Waals surface area contributed by atoms with Gasteiger partial charge >= 0.3 is 0 Å². The molecule has 3 atom stereocenters. The molecule has 0 heterocycles. The molecule has 0 aliphatic heterocycles. The summed E-state index contributed by atoms with van der Waals surface area (Å²) in [5.74, 6) is -0.152. The van der Waals surface area contributed by atoms with Crippen molar-refractivity contribution < 1.29 is 32.9 Å². The van der Waals surface area contributed by atoms with Crippen LogP contribution in [0.3, 0.4) is 0 Å². The fraction of sp³-hybridized carbons (Fsp3) is 0.987. The monoisotopic (exact) mass is 1250 g/mol. The first-order chi connectivity index (χ1) is 42.5. The van der Waals surface area contributed by atoms with Crippen LogP contribution in [-0.2, 0) is 18.4 Å². The van der Waals surface area contributed by atoms with Gasteiger partial charge < -0.3 is 28.8 Å². The zero-order chi connectivity index (χ0) is 63.4. The van der Waals surface area contributed by atoms with E-state index in [0.717, 1.165) is 38.5 Å². The molecule has 9 heteroatoms. The summed E-state index contributed by atoms with van der Waals surface area (Å²) >= 11 is 0. The molecule has 87 heavy (non-hydrogen) atoms. The number of unbranched alkanes of at least 4 members (excludes halogenated alkanes) is 63. The van der Waals surface area contributed by atoms with Crippen molar-refractivity contribution in [3.05, 3.63) is 0 Å². The third kappa shape index (κ3) is 72.8. The van der Waals surface area contributed by atoms with Crippen molar-refractivity contribution in [1.29, 1.82) is 0 Å². The van der Waals surface area contributed by atoms with Crippen LogP contribution >= 0.6 is 7.82 Å². The summed E-state index contributed by atoms with van der Waals surface area (Å²) in [4.78, 5) is 25.7. The number of amides is 1. The number of aliphatic hydroxyl groups excluding tert-OH is 1. The Morgan fingerprint density at radius 1 is 0.356 bits per heavy atom. The quantitative estimate of drug-likeness (QED) is 0.0357. The predicted molar refractivity (Wildman–Crippen MR) is 381 cm³/mol. The smallest absolute Gasteiger partial charge is 0.268 e. The highest BCUT2D eigenvalue weighted by molar-refractivity contribution is 7.45. The SMILES string of the molecule is CCCCCCCCCCCCCCCCCCCCCCCCCCCCCCCCCCCCCCCCCCCC(=O)NC(COP(=O)([O-])OCC[N+](C)(C)C)C(O)CCCCCCCCCCCCCCCCCCCCCCCCCC. The van der Waals surface area contributed by atoms with Crippen molar-refractivity contribution in [2.75, 3.05) is 40.9 Å². The first-order valence-electron chi connectivity index (χ1n) is 39.9. The molecule has 0 saturated carbocycles. The number of nitrogens with one attached hydrogen (secondary N) is 1. The van der Waals surface area contributed by atoms with Gasteiger partial charge in [-0.05, 0) is 12.8 Å². The second-order valence-corrected chi connectivity index (χ2v) is 30.6. The Morgan fingerprint density at radius 3 is 0.782 bits per heavy atom. The van der Waals surface area contributed by atoms with E-state index in [1.165, 1.54) is 379 Å². The number of nitrogens with zero attached hydrogens (tertiary/aromatic N) is 1. The summed E-state index contributed by atoms with van der Waals surface area (Å²) in [7, 11) is 1.33. The van der Waals surface area contributed by atoms with Crippen LogP contribution < -0.4 is 10.2 Å². The van der Waals surface area contributed by atoms with Crippen LogP contribution in [0.15, 0.2) is 0 Å². The van der Waals surface area contributed by atoms with E-state index in [2.05, 4.69) is 19.2 Å². The summed E-state index contributed by atoms with van der Waals surface area (Å²) in [5, 5.41) is 14.1. The minimum atomic E-state index is -4.58. The number of likely N-dealkylation sites (N-methyl/N-ethyl adjacent to an activating group) is 1. The maximum Gasteiger partial charge on any atom is 0.268 e. The first-order valence-corrected chi connectivity index (χ1v) is 41.3. The molecule has 0 radical (unpaired) electrons. The van der Waals surface area contributed by atoms with Crippen molar-refractivity contribution in [2.45, 2.75) is 456 Å². The van der Waals surface area contributed by atoms with E-state index in [-0.39, 0.29) is 19.1 Å². The molecule has 1 amide bonds. The fourth-order valence-electron chi connectivity index (χ4n) is 12.9. The van der Waals surface area contributed by atoms with Crippen LogP contribution in [0.1, 0.15) is 444 Å². The standard InChI is InChI=1S/C78H159N2O6P/c1-6-8-10-12-14-16-18-20-22-24-26-28-30-32-33-34-35-36-37-38-39-40-41-42-43-44-45-46-47-48-50-52-54-56-58-60-62-64-66-68-70-72-78(82)79-76(75-86-87(83,84)85-74-73-80(3,4)5)77(81)71-69-67-65-63-61-59-57-55-53-51-49-31-29-27-25-23-21-19-17-15-13-11-9-7-2/h76-77,81H,6-75H2,1-5H3,(H-,79,82,83,84). The zero-order valence-electron chi connectivity index (χ0n) is 60.0. The molecule has 0 aromatic rings. The van der Waals surface area contributed by atoms with Gasteiger partial charge in [0.25, 0.3) is 7.82 Å². The highest BCUT2D eigenvalue weighted by Gasteiger charge is 2.24. The van der Waals surface area contributed by atoms with Gasteiger partial charge in [-0.1, -0.05) is 425 Å². The van der Waals surface area contributed by atoms with Gasteiger partial charge in [-0.15, -0.1) is 0 Å². The van der Waals surface area contributed by atoms with Crippen molar-refractivity contribution >= 4 is 13.7 Å². The number of rotatable bonds is 76. The van der Waals surface area contributed by atoms with Crippen molar-refractivity contribution in [1.82, 2.24) is 5.32 Å². The summed E-state index contributed by atoms with van der Waals surface area (Å²) in [6.45, 7) is 4.81. The van der Waals surface area contributed by atoms with Crippen LogP contribution in [0.2, 0.25) is 0 Å². The van der Waals surface area contributed by atoms with Gasteiger partial charge in [0.2, 0.25) is 5.91 Å². The Bertz CT molecular complexity index is 1380. The van der Waals surface area contributed by atoms with Crippen LogP contribution in [0.5, 0.6) is 0 Å². The van der Waals surface area contributed by atoms with Gasteiger partial charge in [0.15, 0.2) is 0 Å². The van der Waals surface area contributed by atoms with Crippen LogP contribution in [0, 0.1) is 0 Å². The summed E-state index contributed by atoms with van der Waals surface area (Å²) < 4.78 is 23.6. The molecule has 0 fully saturated rings. The zero-order valence-corrected chi connectivity index (χ0v) is 60.9. The second-order valence-electron chi connectivity index (χ2n) is 29.1. The molecule has 522 valence electrons.